The molecule has 1 N–H and O–H groups in total. The minimum absolute atomic E-state index is 0.0831. The fraction of sp³-hybridized carbons (Fsp3) is 0.846. The molecule has 4 nitrogen and oxygen atoms in total. The molecule has 1 aliphatic carbocycles. The van der Waals surface area contributed by atoms with E-state index < -0.39 is 11.6 Å². The first-order chi connectivity index (χ1) is 7.70. The Morgan fingerprint density at radius 2 is 1.82 bits per heavy atom. The Hall–Kier alpha value is -1.06. The van der Waals surface area contributed by atoms with Gasteiger partial charge in [-0.05, 0) is 46.0 Å². The predicted molar refractivity (Wildman–Crippen MR) is 63.5 cm³/mol. The Bertz CT molecular complexity index is 303. The Kier molecular flexibility index (Phi) is 4.17. The lowest BCUT2D eigenvalue weighted by molar-refractivity contribution is -0.165. The molecule has 0 aliphatic heterocycles. The summed E-state index contributed by atoms with van der Waals surface area (Å²) in [6.07, 6.45) is 1.76. The average molecular weight is 242 g/mol. The molecule has 1 saturated carbocycles. The number of hydrogen-bond acceptors (Lipinski definition) is 3. The van der Waals surface area contributed by atoms with E-state index in [0.29, 0.717) is 19.3 Å². The number of hydrogen-bond donors (Lipinski definition) is 1. The molecule has 0 spiro atoms. The Morgan fingerprint density at radius 3 is 2.24 bits per heavy atom. The van der Waals surface area contributed by atoms with Crippen LogP contribution in [0.2, 0.25) is 0 Å². The lowest BCUT2D eigenvalue weighted by atomic mass is 9.75. The van der Waals surface area contributed by atoms with Crippen molar-refractivity contribution < 1.29 is 19.4 Å². The molecule has 0 bridgehead atoms. The van der Waals surface area contributed by atoms with Crippen LogP contribution < -0.4 is 0 Å². The van der Waals surface area contributed by atoms with Crippen molar-refractivity contribution in [2.24, 2.45) is 17.8 Å². The van der Waals surface area contributed by atoms with Crippen LogP contribution in [0.15, 0.2) is 0 Å². The summed E-state index contributed by atoms with van der Waals surface area (Å²) in [6, 6.07) is 0. The Balaban J connectivity index is 2.58. The Labute approximate surface area is 102 Å². The van der Waals surface area contributed by atoms with Crippen molar-refractivity contribution in [1.82, 2.24) is 0 Å². The highest BCUT2D eigenvalue weighted by Crippen LogP contribution is 2.35. The van der Waals surface area contributed by atoms with Crippen molar-refractivity contribution in [2.75, 3.05) is 0 Å². The molecule has 0 amide bonds. The minimum atomic E-state index is -0.750. The number of carbonyl (C=O) groups is 2. The van der Waals surface area contributed by atoms with Gasteiger partial charge in [0.1, 0.15) is 5.60 Å². The second kappa shape index (κ2) is 5.07. The highest BCUT2D eigenvalue weighted by Gasteiger charge is 2.37. The van der Waals surface area contributed by atoms with E-state index in [-0.39, 0.29) is 23.7 Å². The molecule has 1 unspecified atom stereocenters. The highest BCUT2D eigenvalue weighted by atomic mass is 16.6. The summed E-state index contributed by atoms with van der Waals surface area (Å²) in [4.78, 5) is 22.8. The van der Waals surface area contributed by atoms with Gasteiger partial charge in [-0.15, -0.1) is 0 Å². The van der Waals surface area contributed by atoms with Crippen LogP contribution in [0.1, 0.15) is 47.0 Å². The van der Waals surface area contributed by atoms with Gasteiger partial charge in [0.2, 0.25) is 0 Å². The van der Waals surface area contributed by atoms with E-state index in [1.807, 2.05) is 27.7 Å². The van der Waals surface area contributed by atoms with E-state index in [4.69, 9.17) is 9.84 Å². The monoisotopic (exact) mass is 242 g/mol. The van der Waals surface area contributed by atoms with E-state index in [0.717, 1.165) is 0 Å². The molecule has 1 rings (SSSR count). The number of aliphatic carboxylic acids is 1. The van der Waals surface area contributed by atoms with E-state index in [1.165, 1.54) is 0 Å². The van der Waals surface area contributed by atoms with Gasteiger partial charge in [0.15, 0.2) is 0 Å². The van der Waals surface area contributed by atoms with Crippen LogP contribution in [0, 0.1) is 17.8 Å². The second-order valence-corrected chi connectivity index (χ2v) is 5.97. The summed E-state index contributed by atoms with van der Waals surface area (Å²) < 4.78 is 5.36. The van der Waals surface area contributed by atoms with Gasteiger partial charge in [0.05, 0.1) is 11.8 Å². The number of ether oxygens (including phenoxy) is 1. The number of esters is 1. The fourth-order valence-electron chi connectivity index (χ4n) is 2.35. The maximum Gasteiger partial charge on any atom is 0.309 e. The van der Waals surface area contributed by atoms with Crippen LogP contribution in [-0.2, 0) is 14.3 Å². The van der Waals surface area contributed by atoms with Crippen molar-refractivity contribution in [1.29, 1.82) is 0 Å². The standard InChI is InChI=1S/C13H22O4/c1-8-7-9(11(14)15)5-6-10(8)12(16)17-13(2,3)4/h8-10H,5-7H2,1-4H3,(H,14,15)/t8-,9?,10-/m1/s1. The molecule has 0 saturated heterocycles. The molecule has 1 aliphatic rings. The van der Waals surface area contributed by atoms with E-state index in [9.17, 15) is 9.59 Å². The molecule has 0 heterocycles. The van der Waals surface area contributed by atoms with Crippen LogP contribution in [0.3, 0.4) is 0 Å². The fourth-order valence-corrected chi connectivity index (χ4v) is 2.35. The lowest BCUT2D eigenvalue weighted by Gasteiger charge is -2.32. The van der Waals surface area contributed by atoms with E-state index in [2.05, 4.69) is 0 Å². The molecule has 0 aromatic heterocycles. The van der Waals surface area contributed by atoms with Crippen molar-refractivity contribution in [3.05, 3.63) is 0 Å². The van der Waals surface area contributed by atoms with Crippen LogP contribution in [-0.4, -0.2) is 22.6 Å². The van der Waals surface area contributed by atoms with E-state index >= 15 is 0 Å². The minimum Gasteiger partial charge on any atom is -0.481 e. The SMILES string of the molecule is C[C@@H]1CC(C(=O)O)CC[C@H]1C(=O)OC(C)(C)C. The first-order valence-electron chi connectivity index (χ1n) is 6.16. The first kappa shape index (κ1) is 14.0. The lowest BCUT2D eigenvalue weighted by Crippen LogP contribution is -2.36. The summed E-state index contributed by atoms with van der Waals surface area (Å²) in [5, 5.41) is 8.95. The maximum atomic E-state index is 11.9. The molecular weight excluding hydrogens is 220 g/mol. The van der Waals surface area contributed by atoms with Gasteiger partial charge < -0.3 is 9.84 Å². The highest BCUT2D eigenvalue weighted by molar-refractivity contribution is 5.75. The van der Waals surface area contributed by atoms with Crippen LogP contribution in [0.5, 0.6) is 0 Å². The van der Waals surface area contributed by atoms with Gasteiger partial charge in [0, 0.05) is 0 Å². The molecule has 1 fully saturated rings. The van der Waals surface area contributed by atoms with Crippen LogP contribution in [0.4, 0.5) is 0 Å². The predicted octanol–water partition coefficient (Wildman–Crippen LogP) is 2.47. The summed E-state index contributed by atoms with van der Waals surface area (Å²) in [7, 11) is 0. The van der Waals surface area contributed by atoms with Crippen molar-refractivity contribution in [3.63, 3.8) is 0 Å². The third kappa shape index (κ3) is 4.02. The average Bonchev–Trinajstić information content (AvgIpc) is 2.14. The van der Waals surface area contributed by atoms with Crippen LogP contribution >= 0.6 is 0 Å². The van der Waals surface area contributed by atoms with Gasteiger partial charge in [-0.3, -0.25) is 9.59 Å². The molecule has 0 aromatic carbocycles. The maximum absolute atomic E-state index is 11.9. The number of carboxylic acids is 1. The molecule has 0 radical (unpaired) electrons. The zero-order valence-corrected chi connectivity index (χ0v) is 11.0. The molecule has 3 atom stereocenters. The summed E-state index contributed by atoms with van der Waals surface area (Å²) in [6.45, 7) is 7.47. The molecular formula is C13H22O4. The Morgan fingerprint density at radius 1 is 1.24 bits per heavy atom. The number of carbonyl (C=O) groups excluding carboxylic acids is 1. The zero-order chi connectivity index (χ0) is 13.2. The normalized spacial score (nSPS) is 29.8. The van der Waals surface area contributed by atoms with E-state index in [1.54, 1.807) is 0 Å². The molecule has 4 heteroatoms. The van der Waals surface area contributed by atoms with Crippen molar-refractivity contribution >= 4 is 11.9 Å². The number of carboxylic acid groups (broad SMARTS) is 1. The van der Waals surface area contributed by atoms with Gasteiger partial charge in [-0.25, -0.2) is 0 Å². The summed E-state index contributed by atoms with van der Waals surface area (Å²) in [5.74, 6) is -1.30. The molecule has 0 aromatic rings. The first-order valence-corrected chi connectivity index (χ1v) is 6.16. The quantitative estimate of drug-likeness (QED) is 0.755. The molecule has 17 heavy (non-hydrogen) atoms. The number of rotatable bonds is 2. The van der Waals surface area contributed by atoms with Crippen LogP contribution in [0.25, 0.3) is 0 Å². The third-order valence-electron chi connectivity index (χ3n) is 3.23. The topological polar surface area (TPSA) is 63.6 Å². The van der Waals surface area contributed by atoms with Crippen molar-refractivity contribution in [2.45, 2.75) is 52.6 Å². The third-order valence-corrected chi connectivity index (χ3v) is 3.23. The summed E-state index contributed by atoms with van der Waals surface area (Å²) >= 11 is 0. The van der Waals surface area contributed by atoms with Gasteiger partial charge >= 0.3 is 11.9 Å². The van der Waals surface area contributed by atoms with Gasteiger partial charge in [-0.2, -0.15) is 0 Å². The summed E-state index contributed by atoms with van der Waals surface area (Å²) in [5.41, 5.74) is -0.472. The smallest absolute Gasteiger partial charge is 0.309 e. The zero-order valence-electron chi connectivity index (χ0n) is 11.0. The van der Waals surface area contributed by atoms with Gasteiger partial charge in [0.25, 0.3) is 0 Å². The van der Waals surface area contributed by atoms with Gasteiger partial charge in [-0.1, -0.05) is 6.92 Å². The second-order valence-electron chi connectivity index (χ2n) is 5.97. The largest absolute Gasteiger partial charge is 0.481 e. The molecule has 98 valence electrons. The van der Waals surface area contributed by atoms with Crippen molar-refractivity contribution in [3.8, 4) is 0 Å².